The van der Waals surface area contributed by atoms with Gasteiger partial charge in [-0.1, -0.05) is 31.9 Å². The lowest BCUT2D eigenvalue weighted by atomic mass is 10.0. The molecule has 1 aromatic carbocycles. The van der Waals surface area contributed by atoms with E-state index >= 15 is 0 Å². The standard InChI is InChI=1S/C15H22FNO2/c1-4-5-6-14(15(18)19-3)17-11(2)12-7-9-13(16)10-8-12/h7-11,14,17H,4-6H2,1-3H3/t11-,14?/m1/s1. The minimum atomic E-state index is -0.315. The number of hydrogen-bond acceptors (Lipinski definition) is 3. The van der Waals surface area contributed by atoms with Crippen LogP contribution in [-0.4, -0.2) is 19.1 Å². The summed E-state index contributed by atoms with van der Waals surface area (Å²) in [7, 11) is 1.39. The summed E-state index contributed by atoms with van der Waals surface area (Å²) >= 11 is 0. The summed E-state index contributed by atoms with van der Waals surface area (Å²) in [4.78, 5) is 11.7. The lowest BCUT2D eigenvalue weighted by Gasteiger charge is -2.21. The zero-order chi connectivity index (χ0) is 14.3. The number of esters is 1. The van der Waals surface area contributed by atoms with Crippen molar-refractivity contribution in [3.63, 3.8) is 0 Å². The molecule has 0 saturated carbocycles. The van der Waals surface area contributed by atoms with Crippen LogP contribution in [0.25, 0.3) is 0 Å². The van der Waals surface area contributed by atoms with Crippen LogP contribution in [0.2, 0.25) is 0 Å². The number of benzene rings is 1. The number of hydrogen-bond donors (Lipinski definition) is 1. The summed E-state index contributed by atoms with van der Waals surface area (Å²) in [5, 5.41) is 3.24. The maximum absolute atomic E-state index is 12.9. The van der Waals surface area contributed by atoms with Crippen LogP contribution in [0, 0.1) is 5.82 Å². The molecule has 1 rings (SSSR count). The number of halogens is 1. The third-order valence-electron chi connectivity index (χ3n) is 3.15. The van der Waals surface area contributed by atoms with Gasteiger partial charge in [0.2, 0.25) is 0 Å². The summed E-state index contributed by atoms with van der Waals surface area (Å²) in [6.07, 6.45) is 2.73. The van der Waals surface area contributed by atoms with Gasteiger partial charge in [0, 0.05) is 6.04 Å². The van der Waals surface area contributed by atoms with Crippen molar-refractivity contribution in [3.05, 3.63) is 35.6 Å². The van der Waals surface area contributed by atoms with Gasteiger partial charge in [-0.15, -0.1) is 0 Å². The topological polar surface area (TPSA) is 38.3 Å². The molecule has 19 heavy (non-hydrogen) atoms. The Hall–Kier alpha value is -1.42. The van der Waals surface area contributed by atoms with Crippen molar-refractivity contribution in [2.24, 2.45) is 0 Å². The van der Waals surface area contributed by atoms with E-state index in [1.807, 2.05) is 6.92 Å². The molecule has 2 atom stereocenters. The van der Waals surface area contributed by atoms with Crippen molar-refractivity contribution >= 4 is 5.97 Å². The second kappa shape index (κ2) is 7.89. The molecule has 4 heteroatoms. The zero-order valence-electron chi connectivity index (χ0n) is 11.8. The van der Waals surface area contributed by atoms with E-state index in [1.165, 1.54) is 19.2 Å². The molecule has 0 amide bonds. The van der Waals surface area contributed by atoms with Crippen molar-refractivity contribution in [2.75, 3.05) is 7.11 Å². The molecule has 1 N–H and O–H groups in total. The van der Waals surface area contributed by atoms with Crippen molar-refractivity contribution in [1.29, 1.82) is 0 Å². The van der Waals surface area contributed by atoms with Crippen LogP contribution in [0.4, 0.5) is 4.39 Å². The highest BCUT2D eigenvalue weighted by Gasteiger charge is 2.20. The monoisotopic (exact) mass is 267 g/mol. The van der Waals surface area contributed by atoms with Gasteiger partial charge < -0.3 is 4.74 Å². The summed E-state index contributed by atoms with van der Waals surface area (Å²) in [5.74, 6) is -0.506. The molecule has 0 radical (unpaired) electrons. The van der Waals surface area contributed by atoms with Crippen molar-refractivity contribution in [2.45, 2.75) is 45.2 Å². The van der Waals surface area contributed by atoms with E-state index < -0.39 is 0 Å². The quantitative estimate of drug-likeness (QED) is 0.771. The first-order valence-electron chi connectivity index (χ1n) is 6.67. The molecule has 0 fully saturated rings. The third kappa shape index (κ3) is 4.99. The van der Waals surface area contributed by atoms with Crippen LogP contribution >= 0.6 is 0 Å². The lowest BCUT2D eigenvalue weighted by molar-refractivity contribution is -0.143. The van der Waals surface area contributed by atoms with Gasteiger partial charge in [-0.3, -0.25) is 10.1 Å². The Morgan fingerprint density at radius 1 is 1.37 bits per heavy atom. The molecule has 1 aromatic rings. The normalized spacial score (nSPS) is 13.9. The highest BCUT2D eigenvalue weighted by molar-refractivity contribution is 5.75. The van der Waals surface area contributed by atoms with E-state index in [0.29, 0.717) is 0 Å². The summed E-state index contributed by atoms with van der Waals surface area (Å²) in [5.41, 5.74) is 0.951. The van der Waals surface area contributed by atoms with Gasteiger partial charge in [-0.05, 0) is 31.0 Å². The van der Waals surface area contributed by atoms with Gasteiger partial charge in [0.15, 0.2) is 0 Å². The van der Waals surface area contributed by atoms with Gasteiger partial charge >= 0.3 is 5.97 Å². The molecule has 0 aromatic heterocycles. The van der Waals surface area contributed by atoms with E-state index in [9.17, 15) is 9.18 Å². The van der Waals surface area contributed by atoms with Gasteiger partial charge in [-0.2, -0.15) is 0 Å². The SMILES string of the molecule is CCCCC(N[C@H](C)c1ccc(F)cc1)C(=O)OC. The first kappa shape index (κ1) is 15.6. The average Bonchev–Trinajstić information content (AvgIpc) is 2.43. The van der Waals surface area contributed by atoms with E-state index in [4.69, 9.17) is 4.74 Å². The van der Waals surface area contributed by atoms with Crippen LogP contribution in [0.3, 0.4) is 0 Å². The van der Waals surface area contributed by atoms with Gasteiger partial charge in [0.1, 0.15) is 11.9 Å². The Bertz CT molecular complexity index is 392. The van der Waals surface area contributed by atoms with Crippen LogP contribution < -0.4 is 5.32 Å². The molecular formula is C15H22FNO2. The maximum atomic E-state index is 12.9. The fourth-order valence-corrected chi connectivity index (χ4v) is 1.97. The molecule has 0 saturated heterocycles. The molecule has 0 aliphatic heterocycles. The smallest absolute Gasteiger partial charge is 0.322 e. The highest BCUT2D eigenvalue weighted by Crippen LogP contribution is 2.15. The zero-order valence-corrected chi connectivity index (χ0v) is 11.8. The molecule has 0 aliphatic carbocycles. The molecule has 1 unspecified atom stereocenters. The van der Waals surface area contributed by atoms with E-state index in [1.54, 1.807) is 12.1 Å². The molecule has 106 valence electrons. The van der Waals surface area contributed by atoms with Crippen LogP contribution in [0.1, 0.15) is 44.7 Å². The van der Waals surface area contributed by atoms with Gasteiger partial charge in [-0.25, -0.2) is 4.39 Å². The highest BCUT2D eigenvalue weighted by atomic mass is 19.1. The number of ether oxygens (including phenoxy) is 1. The molecule has 0 aliphatic rings. The fraction of sp³-hybridized carbons (Fsp3) is 0.533. The Morgan fingerprint density at radius 2 is 2.00 bits per heavy atom. The predicted octanol–water partition coefficient (Wildman–Crippen LogP) is 3.21. The molecular weight excluding hydrogens is 245 g/mol. The minimum Gasteiger partial charge on any atom is -0.468 e. The number of nitrogens with one attached hydrogen (secondary N) is 1. The maximum Gasteiger partial charge on any atom is 0.322 e. The number of unbranched alkanes of at least 4 members (excludes halogenated alkanes) is 1. The number of carbonyl (C=O) groups is 1. The summed E-state index contributed by atoms with van der Waals surface area (Å²) in [6.45, 7) is 4.03. The second-order valence-corrected chi connectivity index (χ2v) is 4.66. The predicted molar refractivity (Wildman–Crippen MR) is 73.3 cm³/mol. The lowest BCUT2D eigenvalue weighted by Crippen LogP contribution is -2.39. The second-order valence-electron chi connectivity index (χ2n) is 4.66. The van der Waals surface area contributed by atoms with E-state index in [-0.39, 0.29) is 23.9 Å². The molecule has 3 nitrogen and oxygen atoms in total. The fourth-order valence-electron chi connectivity index (χ4n) is 1.97. The summed E-state index contributed by atoms with van der Waals surface area (Å²) in [6, 6.07) is 5.95. The Labute approximate surface area is 114 Å². The van der Waals surface area contributed by atoms with Crippen molar-refractivity contribution in [1.82, 2.24) is 5.32 Å². The average molecular weight is 267 g/mol. The number of carbonyl (C=O) groups excluding carboxylic acids is 1. The van der Waals surface area contributed by atoms with Crippen molar-refractivity contribution < 1.29 is 13.9 Å². The van der Waals surface area contributed by atoms with Crippen molar-refractivity contribution in [3.8, 4) is 0 Å². The van der Waals surface area contributed by atoms with Crippen LogP contribution in [0.15, 0.2) is 24.3 Å². The van der Waals surface area contributed by atoms with Gasteiger partial charge in [0.05, 0.1) is 7.11 Å². The largest absolute Gasteiger partial charge is 0.468 e. The Morgan fingerprint density at radius 3 is 2.53 bits per heavy atom. The van der Waals surface area contributed by atoms with E-state index in [2.05, 4.69) is 12.2 Å². The molecule has 0 bridgehead atoms. The van der Waals surface area contributed by atoms with Crippen LogP contribution in [-0.2, 0) is 9.53 Å². The first-order valence-corrected chi connectivity index (χ1v) is 6.67. The first-order chi connectivity index (χ1) is 9.08. The Kier molecular flexibility index (Phi) is 6.50. The number of methoxy groups -OCH3 is 1. The van der Waals surface area contributed by atoms with E-state index in [0.717, 1.165) is 24.8 Å². The molecule has 0 spiro atoms. The number of rotatable bonds is 7. The van der Waals surface area contributed by atoms with Gasteiger partial charge in [0.25, 0.3) is 0 Å². The third-order valence-corrected chi connectivity index (χ3v) is 3.15. The summed E-state index contributed by atoms with van der Waals surface area (Å²) < 4.78 is 17.7. The minimum absolute atomic E-state index is 0.0263. The molecule has 0 heterocycles. The Balaban J connectivity index is 2.66. The van der Waals surface area contributed by atoms with Crippen LogP contribution in [0.5, 0.6) is 0 Å².